The van der Waals surface area contributed by atoms with Gasteiger partial charge in [0, 0.05) is 0 Å². The molecule has 8 nitrogen and oxygen atoms in total. The maximum atomic E-state index is 15.1. The quantitative estimate of drug-likeness (QED) is 0.130. The molecule has 0 bridgehead atoms. The summed E-state index contributed by atoms with van der Waals surface area (Å²) in [5, 5.41) is 0. The number of rotatable bonds is 12. The molecule has 0 N–H and O–H groups in total. The van der Waals surface area contributed by atoms with Gasteiger partial charge >= 0.3 is 0 Å². The van der Waals surface area contributed by atoms with Crippen molar-refractivity contribution in [3.8, 4) is 0 Å². The van der Waals surface area contributed by atoms with Crippen LogP contribution >= 0.6 is 0 Å². The third-order valence-corrected chi connectivity index (χ3v) is 9.46. The standard InChI is InChI=1S/C24H54O8Si6/c1-33(2,3)27-19-20(25)23(29-35(7,8)9,30-36(10,11)12)22(26)24(31-37(13,14)15,32-38(16,17)18)21(19)28-34(4,5)6/h1-18H3. The van der Waals surface area contributed by atoms with Gasteiger partial charge < -0.3 is 26.6 Å². The molecule has 0 saturated heterocycles. The molecule has 1 aliphatic carbocycles. The van der Waals surface area contributed by atoms with Gasteiger partial charge in [-0.1, -0.05) is 0 Å². The Labute approximate surface area is 237 Å². The highest BCUT2D eigenvalue weighted by Gasteiger charge is 2.71. The molecule has 0 aromatic carbocycles. The summed E-state index contributed by atoms with van der Waals surface area (Å²) in [4.78, 5) is 29.8. The molecule has 0 aliphatic heterocycles. The summed E-state index contributed by atoms with van der Waals surface area (Å²) in [6.45, 7) is 35.4. The fourth-order valence-corrected chi connectivity index (χ4v) is 9.94. The van der Waals surface area contributed by atoms with Gasteiger partial charge in [-0.15, -0.1) is 0 Å². The van der Waals surface area contributed by atoms with Crippen LogP contribution in [0.1, 0.15) is 0 Å². The zero-order valence-corrected chi connectivity index (χ0v) is 33.3. The van der Waals surface area contributed by atoms with E-state index in [1.165, 1.54) is 0 Å². The lowest BCUT2D eigenvalue weighted by Gasteiger charge is -2.52. The SMILES string of the molecule is C[Si](C)(C)OC1=C(O[Si](C)(C)C)C(O[Si](C)(C)C)(O[Si](C)(C)C)C(=O)C(O[Si](C)(C)C)(O[Si](C)(C)C)C1=O. The van der Waals surface area contributed by atoms with Crippen LogP contribution in [0.2, 0.25) is 118 Å². The maximum Gasteiger partial charge on any atom is 0.286 e. The smallest absolute Gasteiger partial charge is 0.286 e. The molecule has 0 radical (unpaired) electrons. The van der Waals surface area contributed by atoms with Crippen LogP contribution in [0.4, 0.5) is 0 Å². The molecular weight excluding hydrogens is 585 g/mol. The van der Waals surface area contributed by atoms with Crippen LogP contribution < -0.4 is 0 Å². The summed E-state index contributed by atoms with van der Waals surface area (Å²) in [6, 6.07) is 0. The highest BCUT2D eigenvalue weighted by Crippen LogP contribution is 2.47. The Kier molecular flexibility index (Phi) is 10.3. The van der Waals surface area contributed by atoms with Crippen LogP contribution in [-0.2, 0) is 36.1 Å². The normalized spacial score (nSPS) is 19.6. The number of hydrogen-bond donors (Lipinski definition) is 0. The van der Waals surface area contributed by atoms with Crippen LogP contribution in [0.3, 0.4) is 0 Å². The van der Waals surface area contributed by atoms with Crippen LogP contribution in [0.5, 0.6) is 0 Å². The van der Waals surface area contributed by atoms with Crippen molar-refractivity contribution in [2.75, 3.05) is 0 Å². The molecule has 1 rings (SSSR count). The molecule has 14 heteroatoms. The maximum absolute atomic E-state index is 15.1. The van der Waals surface area contributed by atoms with Gasteiger partial charge in [0.25, 0.3) is 23.1 Å². The highest BCUT2D eigenvalue weighted by molar-refractivity contribution is 6.74. The number of ketones is 2. The van der Waals surface area contributed by atoms with Gasteiger partial charge in [-0.25, -0.2) is 0 Å². The number of carbonyl (C=O) groups excluding carboxylic acids is 2. The van der Waals surface area contributed by atoms with Crippen molar-refractivity contribution >= 4 is 61.5 Å². The Morgan fingerprint density at radius 1 is 0.421 bits per heavy atom. The number of hydrogen-bond acceptors (Lipinski definition) is 8. The van der Waals surface area contributed by atoms with E-state index < -0.39 is 73.0 Å². The van der Waals surface area contributed by atoms with E-state index in [9.17, 15) is 4.79 Å². The van der Waals surface area contributed by atoms with Crippen molar-refractivity contribution in [2.45, 2.75) is 129 Å². The minimum Gasteiger partial charge on any atom is -0.541 e. The molecule has 0 aromatic heterocycles. The van der Waals surface area contributed by atoms with E-state index in [2.05, 4.69) is 0 Å². The lowest BCUT2D eigenvalue weighted by molar-refractivity contribution is -0.214. The van der Waals surface area contributed by atoms with Gasteiger partial charge in [0.05, 0.1) is 0 Å². The van der Waals surface area contributed by atoms with Crippen LogP contribution in [0, 0.1) is 0 Å². The first kappa shape index (κ1) is 35.8. The van der Waals surface area contributed by atoms with Gasteiger partial charge in [0.2, 0.25) is 16.6 Å². The Morgan fingerprint density at radius 2 is 0.711 bits per heavy atom. The second kappa shape index (κ2) is 10.9. The van der Waals surface area contributed by atoms with Crippen molar-refractivity contribution < 1.29 is 36.1 Å². The second-order valence-corrected chi connectivity index (χ2v) is 42.4. The van der Waals surface area contributed by atoms with Gasteiger partial charge in [0.15, 0.2) is 44.8 Å². The Morgan fingerprint density at radius 3 is 0.974 bits per heavy atom. The Balaban J connectivity index is 4.48. The summed E-state index contributed by atoms with van der Waals surface area (Å²) in [6.07, 6.45) is 0. The predicted octanol–water partition coefficient (Wildman–Crippen LogP) is 6.85. The van der Waals surface area contributed by atoms with Crippen molar-refractivity contribution in [1.29, 1.82) is 0 Å². The van der Waals surface area contributed by atoms with E-state index in [-0.39, 0.29) is 11.5 Å². The van der Waals surface area contributed by atoms with Crippen molar-refractivity contribution in [2.24, 2.45) is 0 Å². The molecule has 38 heavy (non-hydrogen) atoms. The molecule has 0 heterocycles. The third kappa shape index (κ3) is 10.0. The van der Waals surface area contributed by atoms with Gasteiger partial charge in [-0.2, -0.15) is 0 Å². The van der Waals surface area contributed by atoms with E-state index >= 15 is 4.79 Å². The lowest BCUT2D eigenvalue weighted by Crippen LogP contribution is -2.73. The zero-order chi connectivity index (χ0) is 30.6. The average Bonchev–Trinajstić information content (AvgIpc) is 2.54. The van der Waals surface area contributed by atoms with E-state index in [1.807, 2.05) is 118 Å². The summed E-state index contributed by atoms with van der Waals surface area (Å²) in [5.41, 5.74) is 0. The minimum absolute atomic E-state index is 0.0351. The molecule has 0 atom stereocenters. The fourth-order valence-electron chi connectivity index (χ4n) is 3.78. The first-order valence-corrected chi connectivity index (χ1v) is 33.8. The molecule has 0 saturated carbocycles. The van der Waals surface area contributed by atoms with Gasteiger partial charge in [-0.3, -0.25) is 9.59 Å². The molecule has 0 fully saturated rings. The topological polar surface area (TPSA) is 89.5 Å². The first-order chi connectivity index (χ1) is 16.3. The number of Topliss-reactive ketones (excluding diaryl/α,β-unsaturated/α-hetero) is 2. The summed E-state index contributed by atoms with van der Waals surface area (Å²) >= 11 is 0. The molecule has 0 amide bonds. The Bertz CT molecular complexity index is 906. The van der Waals surface area contributed by atoms with Crippen molar-refractivity contribution in [3.05, 3.63) is 11.5 Å². The summed E-state index contributed by atoms with van der Waals surface area (Å²) < 4.78 is 39.8. The molecular formula is C24H54O8Si6. The third-order valence-electron chi connectivity index (χ3n) is 4.22. The average molecular weight is 639 g/mol. The highest BCUT2D eigenvalue weighted by atomic mass is 28.4. The van der Waals surface area contributed by atoms with Crippen LogP contribution in [0.15, 0.2) is 11.5 Å². The summed E-state index contributed by atoms with van der Waals surface area (Å²) in [7, 11) is -15.0. The van der Waals surface area contributed by atoms with Crippen molar-refractivity contribution in [1.82, 2.24) is 0 Å². The molecule has 0 spiro atoms. The molecule has 1 aliphatic rings. The second-order valence-electron chi connectivity index (χ2n) is 15.8. The van der Waals surface area contributed by atoms with Gasteiger partial charge in [0.1, 0.15) is 0 Å². The monoisotopic (exact) mass is 638 g/mol. The molecule has 0 unspecified atom stereocenters. The fraction of sp³-hybridized carbons (Fsp3) is 0.833. The minimum atomic E-state index is -2.57. The molecule has 0 aromatic rings. The van der Waals surface area contributed by atoms with Gasteiger partial charge in [-0.05, 0) is 118 Å². The Hall–Kier alpha value is -0.179. The first-order valence-electron chi connectivity index (χ1n) is 13.4. The van der Waals surface area contributed by atoms with E-state index in [0.717, 1.165) is 0 Å². The number of carbonyl (C=O) groups is 2. The predicted molar refractivity (Wildman–Crippen MR) is 169 cm³/mol. The van der Waals surface area contributed by atoms with Crippen LogP contribution in [-0.4, -0.2) is 73.0 Å². The lowest BCUT2D eigenvalue weighted by atomic mass is 9.89. The van der Waals surface area contributed by atoms with E-state index in [4.69, 9.17) is 26.6 Å². The summed E-state index contributed by atoms with van der Waals surface area (Å²) in [5.74, 6) is -5.66. The van der Waals surface area contributed by atoms with E-state index in [0.29, 0.717) is 0 Å². The van der Waals surface area contributed by atoms with Crippen LogP contribution in [0.25, 0.3) is 0 Å². The zero-order valence-electron chi connectivity index (χ0n) is 27.3. The van der Waals surface area contributed by atoms with Crippen molar-refractivity contribution in [3.63, 3.8) is 0 Å². The molecule has 222 valence electrons. The largest absolute Gasteiger partial charge is 0.541 e. The van der Waals surface area contributed by atoms with E-state index in [1.54, 1.807) is 0 Å².